The Morgan fingerprint density at radius 3 is 2.87 bits per heavy atom. The van der Waals surface area contributed by atoms with Crippen molar-refractivity contribution in [3.63, 3.8) is 0 Å². The van der Waals surface area contributed by atoms with Gasteiger partial charge in [0.1, 0.15) is 12.2 Å². The van der Waals surface area contributed by atoms with Crippen molar-refractivity contribution in [1.82, 2.24) is 20.0 Å². The zero-order valence-electron chi connectivity index (χ0n) is 15.9. The topological polar surface area (TPSA) is 90.6 Å². The molecule has 2 aromatic carbocycles. The van der Waals surface area contributed by atoms with Crippen molar-refractivity contribution in [2.75, 3.05) is 6.79 Å². The molecule has 0 atom stereocenters. The van der Waals surface area contributed by atoms with Crippen LogP contribution in [-0.4, -0.2) is 33.4 Å². The van der Waals surface area contributed by atoms with Crippen LogP contribution in [0, 0.1) is 0 Å². The maximum absolute atomic E-state index is 12.6. The molecule has 0 bridgehead atoms. The lowest BCUT2D eigenvalue weighted by molar-refractivity contribution is -0.121. The molecule has 1 N–H and O–H groups in total. The van der Waals surface area contributed by atoms with Gasteiger partial charge in [-0.1, -0.05) is 18.2 Å². The zero-order chi connectivity index (χ0) is 20.3. The summed E-state index contributed by atoms with van der Waals surface area (Å²) in [6.45, 7) is 0.273. The molecule has 5 rings (SSSR count). The van der Waals surface area contributed by atoms with E-state index in [1.165, 1.54) is 0 Å². The van der Waals surface area contributed by atoms with E-state index in [0.29, 0.717) is 23.0 Å². The fourth-order valence-electron chi connectivity index (χ4n) is 3.28. The highest BCUT2D eigenvalue weighted by Gasteiger charge is 2.16. The first-order valence-corrected chi connectivity index (χ1v) is 9.36. The van der Waals surface area contributed by atoms with E-state index in [-0.39, 0.29) is 19.2 Å². The van der Waals surface area contributed by atoms with Crippen molar-refractivity contribution in [3.8, 4) is 23.0 Å². The molecule has 3 heterocycles. The summed E-state index contributed by atoms with van der Waals surface area (Å²) in [7, 11) is 0. The average molecular weight is 399 g/mol. The number of hydrogen-bond acceptors (Lipinski definition) is 6. The van der Waals surface area contributed by atoms with E-state index in [9.17, 15) is 4.79 Å². The van der Waals surface area contributed by atoms with Gasteiger partial charge in [0.25, 0.3) is 5.91 Å². The molecule has 0 fully saturated rings. The molecule has 0 radical (unpaired) electrons. The number of hydrazone groups is 1. The van der Waals surface area contributed by atoms with Gasteiger partial charge in [0.15, 0.2) is 17.3 Å². The number of carbonyl (C=O) groups excluding carboxylic acids is 1. The van der Waals surface area contributed by atoms with Crippen LogP contribution in [0.25, 0.3) is 22.6 Å². The average Bonchev–Trinajstić information content (AvgIpc) is 3.39. The summed E-state index contributed by atoms with van der Waals surface area (Å²) in [5.74, 6) is 1.72. The quantitative estimate of drug-likeness (QED) is 0.412. The number of pyridine rings is 1. The Hall–Kier alpha value is -4.20. The Morgan fingerprint density at radius 2 is 1.97 bits per heavy atom. The number of hydrogen-bond donors (Lipinski definition) is 1. The summed E-state index contributed by atoms with van der Waals surface area (Å²) in [6, 6.07) is 18.7. The Labute approximate surface area is 171 Å². The molecule has 1 amide bonds. The van der Waals surface area contributed by atoms with Crippen LogP contribution >= 0.6 is 0 Å². The molecule has 8 heteroatoms. The first-order chi connectivity index (χ1) is 14.8. The lowest BCUT2D eigenvalue weighted by Crippen LogP contribution is -2.23. The first kappa shape index (κ1) is 17.9. The van der Waals surface area contributed by atoms with Gasteiger partial charge in [-0.2, -0.15) is 5.10 Å². The van der Waals surface area contributed by atoms with Crippen molar-refractivity contribution < 1.29 is 14.3 Å². The minimum Gasteiger partial charge on any atom is -0.454 e. The van der Waals surface area contributed by atoms with E-state index < -0.39 is 0 Å². The van der Waals surface area contributed by atoms with Crippen LogP contribution in [0.15, 0.2) is 72.0 Å². The fraction of sp³-hybridized carbons (Fsp3) is 0.0909. The molecule has 1 aliphatic heterocycles. The number of ether oxygens (including phenoxy) is 2. The lowest BCUT2D eigenvalue weighted by Gasteiger charge is -2.07. The largest absolute Gasteiger partial charge is 0.454 e. The third-order valence-corrected chi connectivity index (χ3v) is 4.65. The normalized spacial score (nSPS) is 12.5. The summed E-state index contributed by atoms with van der Waals surface area (Å²) >= 11 is 0. The van der Waals surface area contributed by atoms with E-state index in [1.807, 2.05) is 59.2 Å². The molecule has 0 saturated heterocycles. The predicted molar refractivity (Wildman–Crippen MR) is 111 cm³/mol. The van der Waals surface area contributed by atoms with Gasteiger partial charge in [-0.3, -0.25) is 9.78 Å². The zero-order valence-corrected chi connectivity index (χ0v) is 15.9. The predicted octanol–water partition coefficient (Wildman–Crippen LogP) is 2.98. The van der Waals surface area contributed by atoms with E-state index in [4.69, 9.17) is 9.47 Å². The van der Waals surface area contributed by atoms with Gasteiger partial charge in [-0.15, -0.1) is 0 Å². The molecule has 0 spiro atoms. The number of aromatic nitrogens is 3. The van der Waals surface area contributed by atoms with Gasteiger partial charge in [-0.25, -0.2) is 10.4 Å². The molecule has 8 nitrogen and oxygen atoms in total. The smallest absolute Gasteiger partial charge is 0.260 e. The van der Waals surface area contributed by atoms with E-state index in [1.54, 1.807) is 18.5 Å². The van der Waals surface area contributed by atoms with Crippen LogP contribution in [0.5, 0.6) is 11.5 Å². The fourth-order valence-corrected chi connectivity index (χ4v) is 3.28. The number of fused-ring (bicyclic) bond motifs is 2. The van der Waals surface area contributed by atoms with Crippen LogP contribution in [0.1, 0.15) is 5.56 Å². The van der Waals surface area contributed by atoms with Crippen molar-refractivity contribution in [2.24, 2.45) is 5.10 Å². The molecule has 30 heavy (non-hydrogen) atoms. The molecule has 2 aromatic heterocycles. The van der Waals surface area contributed by atoms with Gasteiger partial charge >= 0.3 is 0 Å². The number of rotatable bonds is 5. The van der Waals surface area contributed by atoms with Gasteiger partial charge < -0.3 is 14.0 Å². The Balaban J connectivity index is 1.36. The molecular formula is C22H17N5O3. The number of para-hydroxylation sites is 2. The van der Waals surface area contributed by atoms with Gasteiger partial charge in [0, 0.05) is 6.20 Å². The molecule has 0 aliphatic carbocycles. The molecule has 0 saturated carbocycles. The standard InChI is InChI=1S/C22H17N5O3/c28-21(26-24-12-15-8-9-19-20(11-15)30-14-29-19)13-27-18-7-2-1-5-16(18)25-22(27)17-6-3-4-10-23-17/h1-12H,13-14H2,(H,26,28)/b24-12-. The highest BCUT2D eigenvalue weighted by Crippen LogP contribution is 2.32. The summed E-state index contributed by atoms with van der Waals surface area (Å²) in [6.07, 6.45) is 3.26. The number of nitrogens with one attached hydrogen (secondary N) is 1. The highest BCUT2D eigenvalue weighted by atomic mass is 16.7. The molecular weight excluding hydrogens is 382 g/mol. The minimum absolute atomic E-state index is 0.0604. The van der Waals surface area contributed by atoms with E-state index in [2.05, 4.69) is 20.5 Å². The molecule has 1 aliphatic rings. The number of nitrogens with zero attached hydrogens (tertiary/aromatic N) is 4. The maximum Gasteiger partial charge on any atom is 0.260 e. The lowest BCUT2D eigenvalue weighted by atomic mass is 10.2. The third-order valence-electron chi connectivity index (χ3n) is 4.65. The van der Waals surface area contributed by atoms with Crippen LogP contribution in [0.3, 0.4) is 0 Å². The van der Waals surface area contributed by atoms with Crippen molar-refractivity contribution in [3.05, 3.63) is 72.4 Å². The highest BCUT2D eigenvalue weighted by molar-refractivity contribution is 5.86. The van der Waals surface area contributed by atoms with Crippen molar-refractivity contribution in [2.45, 2.75) is 6.54 Å². The third kappa shape index (κ3) is 3.46. The molecule has 0 unspecified atom stereocenters. The Morgan fingerprint density at radius 1 is 1.10 bits per heavy atom. The number of amides is 1. The van der Waals surface area contributed by atoms with Gasteiger partial charge in [0.05, 0.1) is 17.2 Å². The van der Waals surface area contributed by atoms with Crippen LogP contribution in [0.2, 0.25) is 0 Å². The summed E-state index contributed by atoms with van der Waals surface area (Å²) in [5.41, 5.74) is 5.72. The Bertz CT molecular complexity index is 1250. The monoisotopic (exact) mass is 399 g/mol. The molecule has 148 valence electrons. The minimum atomic E-state index is -0.271. The number of benzene rings is 2. The van der Waals surface area contributed by atoms with Gasteiger partial charge in [0.2, 0.25) is 6.79 Å². The molecule has 4 aromatic rings. The second kappa shape index (κ2) is 7.67. The second-order valence-corrected chi connectivity index (χ2v) is 6.63. The number of carbonyl (C=O) groups is 1. The summed E-state index contributed by atoms with van der Waals surface area (Å²) in [5, 5.41) is 4.06. The maximum atomic E-state index is 12.6. The van der Waals surface area contributed by atoms with Gasteiger partial charge in [-0.05, 0) is 48.0 Å². The van der Waals surface area contributed by atoms with Crippen LogP contribution in [-0.2, 0) is 11.3 Å². The van der Waals surface area contributed by atoms with E-state index in [0.717, 1.165) is 16.6 Å². The first-order valence-electron chi connectivity index (χ1n) is 9.36. The SMILES string of the molecule is O=C(Cn1c(-c2ccccn2)nc2ccccc21)N/N=C\c1ccc2c(c1)OCO2. The number of imidazole rings is 1. The second-order valence-electron chi connectivity index (χ2n) is 6.63. The summed E-state index contributed by atoms with van der Waals surface area (Å²) < 4.78 is 12.5. The summed E-state index contributed by atoms with van der Waals surface area (Å²) in [4.78, 5) is 21.6. The van der Waals surface area contributed by atoms with E-state index >= 15 is 0 Å². The van der Waals surface area contributed by atoms with Crippen molar-refractivity contribution >= 4 is 23.2 Å². The van der Waals surface area contributed by atoms with Crippen molar-refractivity contribution in [1.29, 1.82) is 0 Å². The van der Waals surface area contributed by atoms with Crippen LogP contribution in [0.4, 0.5) is 0 Å². The Kier molecular flexibility index (Phi) is 4.57. The van der Waals surface area contributed by atoms with Crippen LogP contribution < -0.4 is 14.9 Å².